The number of anilines is 1. The number of aromatic nitrogens is 1. The molecule has 0 amide bonds. The number of rotatable bonds is 2. The highest BCUT2D eigenvalue weighted by Crippen LogP contribution is 2.44. The summed E-state index contributed by atoms with van der Waals surface area (Å²) >= 11 is 12.7. The predicted octanol–water partition coefficient (Wildman–Crippen LogP) is 3.98. The standard InChI is InChI=1S/C20H20Cl2N6O3S/c21-10-6-12-13-7-11(22)9-15(32(29,30)31)17(13)25-16(12)14(8-10)28-19(24)26-18(23)27-20(28)4-2-1-3-5-20/h6-9,25H,1-5H2,(H,29,30,31)(H4,23,24,26,27). The molecule has 3 aromatic rings. The third-order valence-corrected chi connectivity index (χ3v) is 7.37. The number of halogens is 2. The normalized spacial score (nSPS) is 18.9. The molecular weight excluding hydrogens is 475 g/mol. The average molecular weight is 495 g/mol. The van der Waals surface area contributed by atoms with Crippen molar-refractivity contribution in [3.63, 3.8) is 0 Å². The van der Waals surface area contributed by atoms with Crippen LogP contribution in [0, 0.1) is 0 Å². The minimum Gasteiger partial charge on any atom is -0.369 e. The summed E-state index contributed by atoms with van der Waals surface area (Å²) in [4.78, 5) is 13.5. The maximum absolute atomic E-state index is 12.0. The van der Waals surface area contributed by atoms with Crippen molar-refractivity contribution in [3.8, 4) is 0 Å². The molecule has 1 spiro atoms. The van der Waals surface area contributed by atoms with Crippen molar-refractivity contribution in [2.45, 2.75) is 42.7 Å². The van der Waals surface area contributed by atoms with Crippen LogP contribution in [0.5, 0.6) is 0 Å². The molecule has 0 radical (unpaired) electrons. The van der Waals surface area contributed by atoms with Crippen LogP contribution in [-0.4, -0.2) is 35.5 Å². The van der Waals surface area contributed by atoms with Crippen LogP contribution in [0.4, 0.5) is 5.69 Å². The molecule has 2 aliphatic rings. The highest BCUT2D eigenvalue weighted by Gasteiger charge is 2.43. The van der Waals surface area contributed by atoms with Gasteiger partial charge in [-0.05, 0) is 49.9 Å². The Bertz CT molecular complexity index is 1440. The first kappa shape index (κ1) is 21.3. The van der Waals surface area contributed by atoms with E-state index in [9.17, 15) is 13.0 Å². The van der Waals surface area contributed by atoms with E-state index in [2.05, 4.69) is 15.0 Å². The third kappa shape index (κ3) is 3.29. The van der Waals surface area contributed by atoms with Crippen LogP contribution in [0.3, 0.4) is 0 Å². The maximum Gasteiger partial charge on any atom is 0.296 e. The fourth-order valence-electron chi connectivity index (χ4n) is 4.83. The van der Waals surface area contributed by atoms with E-state index in [1.54, 1.807) is 18.2 Å². The van der Waals surface area contributed by atoms with Gasteiger partial charge >= 0.3 is 0 Å². The van der Waals surface area contributed by atoms with Crippen molar-refractivity contribution in [2.75, 3.05) is 4.90 Å². The van der Waals surface area contributed by atoms with Gasteiger partial charge in [0.25, 0.3) is 10.1 Å². The van der Waals surface area contributed by atoms with E-state index >= 15 is 0 Å². The van der Waals surface area contributed by atoms with E-state index in [0.29, 0.717) is 27.0 Å². The van der Waals surface area contributed by atoms with E-state index in [0.717, 1.165) is 32.1 Å². The number of nitrogens with one attached hydrogen (secondary N) is 1. The van der Waals surface area contributed by atoms with Gasteiger partial charge in [0.2, 0.25) is 11.9 Å². The molecule has 1 aromatic heterocycles. The van der Waals surface area contributed by atoms with Crippen LogP contribution >= 0.6 is 23.2 Å². The van der Waals surface area contributed by atoms with Gasteiger partial charge < -0.3 is 16.5 Å². The van der Waals surface area contributed by atoms with E-state index in [1.165, 1.54) is 6.07 Å². The smallest absolute Gasteiger partial charge is 0.296 e. The highest BCUT2D eigenvalue weighted by molar-refractivity contribution is 7.86. The van der Waals surface area contributed by atoms with E-state index in [4.69, 9.17) is 34.7 Å². The number of hydrogen-bond donors (Lipinski definition) is 4. The topological polar surface area (TPSA) is 150 Å². The van der Waals surface area contributed by atoms with Crippen molar-refractivity contribution in [1.82, 2.24) is 4.98 Å². The summed E-state index contributed by atoms with van der Waals surface area (Å²) in [6.07, 6.45) is 4.41. The summed E-state index contributed by atoms with van der Waals surface area (Å²) in [6, 6.07) is 6.24. The molecule has 0 saturated heterocycles. The molecule has 1 aliphatic carbocycles. The van der Waals surface area contributed by atoms with Crippen molar-refractivity contribution in [1.29, 1.82) is 0 Å². The quantitative estimate of drug-likeness (QED) is 0.395. The SMILES string of the molecule is NC1=NC2(CCCCC2)N(c2cc(Cl)cc3c2[nH]c2c(S(=O)(=O)O)cc(Cl)cc23)C(N)=N1. The molecule has 2 aromatic carbocycles. The van der Waals surface area contributed by atoms with Gasteiger partial charge in [-0.15, -0.1) is 0 Å². The van der Waals surface area contributed by atoms with Gasteiger partial charge in [-0.1, -0.05) is 29.6 Å². The molecule has 6 N–H and O–H groups in total. The molecule has 1 fully saturated rings. The molecule has 0 bridgehead atoms. The molecule has 12 heteroatoms. The number of aliphatic imine (C=N–C) groups is 2. The molecule has 1 saturated carbocycles. The maximum atomic E-state index is 12.0. The summed E-state index contributed by atoms with van der Waals surface area (Å²) in [5.41, 5.74) is 13.0. The summed E-state index contributed by atoms with van der Waals surface area (Å²) in [5, 5.41) is 1.68. The lowest BCUT2D eigenvalue weighted by Gasteiger charge is -2.45. The Balaban J connectivity index is 1.85. The Morgan fingerprint density at radius 2 is 1.62 bits per heavy atom. The van der Waals surface area contributed by atoms with Crippen LogP contribution in [0.1, 0.15) is 32.1 Å². The van der Waals surface area contributed by atoms with Crippen LogP contribution in [-0.2, 0) is 10.1 Å². The minimum absolute atomic E-state index is 0.121. The number of nitrogens with two attached hydrogens (primary N) is 2. The van der Waals surface area contributed by atoms with Crippen LogP contribution < -0.4 is 16.4 Å². The molecule has 2 heterocycles. The average Bonchev–Trinajstić information content (AvgIpc) is 3.05. The lowest BCUT2D eigenvalue weighted by Crippen LogP contribution is -2.58. The van der Waals surface area contributed by atoms with E-state index in [1.807, 2.05) is 4.90 Å². The molecule has 0 unspecified atom stereocenters. The van der Waals surface area contributed by atoms with Gasteiger partial charge in [-0.25, -0.2) is 4.99 Å². The highest BCUT2D eigenvalue weighted by atomic mass is 35.5. The first-order chi connectivity index (χ1) is 15.1. The Kier molecular flexibility index (Phi) is 4.82. The number of nitrogens with zero attached hydrogens (tertiary/aromatic N) is 3. The Hall–Kier alpha value is -2.53. The van der Waals surface area contributed by atoms with Gasteiger partial charge in [0.05, 0.1) is 16.7 Å². The Morgan fingerprint density at radius 3 is 2.28 bits per heavy atom. The van der Waals surface area contributed by atoms with Crippen molar-refractivity contribution < 1.29 is 13.0 Å². The zero-order valence-electron chi connectivity index (χ0n) is 16.8. The van der Waals surface area contributed by atoms with Crippen LogP contribution in [0.25, 0.3) is 21.8 Å². The summed E-state index contributed by atoms with van der Waals surface area (Å²) in [5.74, 6) is 0.297. The fourth-order valence-corrected chi connectivity index (χ4v) is 6.02. The van der Waals surface area contributed by atoms with Crippen molar-refractivity contribution in [2.24, 2.45) is 21.5 Å². The van der Waals surface area contributed by atoms with Gasteiger partial charge in [0.15, 0.2) is 0 Å². The molecule has 9 nitrogen and oxygen atoms in total. The second-order valence-electron chi connectivity index (χ2n) is 8.09. The number of benzene rings is 2. The summed E-state index contributed by atoms with van der Waals surface area (Å²) in [7, 11) is -4.54. The van der Waals surface area contributed by atoms with Crippen LogP contribution in [0.15, 0.2) is 39.1 Å². The predicted molar refractivity (Wildman–Crippen MR) is 127 cm³/mol. The molecule has 168 valence electrons. The third-order valence-electron chi connectivity index (χ3n) is 6.06. The summed E-state index contributed by atoms with van der Waals surface area (Å²) < 4.78 is 33.8. The summed E-state index contributed by atoms with van der Waals surface area (Å²) in [6.45, 7) is 0. The molecular formula is C20H20Cl2N6O3S. The molecule has 5 rings (SSSR count). The van der Waals surface area contributed by atoms with Gasteiger partial charge in [-0.2, -0.15) is 13.4 Å². The first-order valence-corrected chi connectivity index (χ1v) is 12.2. The van der Waals surface area contributed by atoms with E-state index in [-0.39, 0.29) is 27.4 Å². The number of fused-ring (bicyclic) bond motifs is 3. The monoisotopic (exact) mass is 494 g/mol. The molecule has 0 atom stereocenters. The first-order valence-electron chi connectivity index (χ1n) is 10.0. The van der Waals surface area contributed by atoms with Gasteiger partial charge in [-0.3, -0.25) is 9.45 Å². The zero-order chi connectivity index (χ0) is 22.8. The van der Waals surface area contributed by atoms with Crippen molar-refractivity contribution in [3.05, 3.63) is 34.3 Å². The molecule has 32 heavy (non-hydrogen) atoms. The van der Waals surface area contributed by atoms with Crippen LogP contribution in [0.2, 0.25) is 10.0 Å². The van der Waals surface area contributed by atoms with Gasteiger partial charge in [0.1, 0.15) is 10.6 Å². The molecule has 1 aliphatic heterocycles. The van der Waals surface area contributed by atoms with Gasteiger partial charge in [0, 0.05) is 20.8 Å². The number of H-pyrrole nitrogens is 1. The zero-order valence-corrected chi connectivity index (χ0v) is 19.1. The largest absolute Gasteiger partial charge is 0.369 e. The Labute approximate surface area is 193 Å². The van der Waals surface area contributed by atoms with Crippen molar-refractivity contribution >= 4 is 72.7 Å². The number of guanidine groups is 2. The number of aromatic amines is 1. The second-order valence-corrected chi connectivity index (χ2v) is 10.4. The fraction of sp³-hybridized carbons (Fsp3) is 0.300. The lowest BCUT2D eigenvalue weighted by molar-refractivity contribution is 0.306. The lowest BCUT2D eigenvalue weighted by atomic mass is 9.87. The Morgan fingerprint density at radius 1 is 1.00 bits per heavy atom. The number of hydrogen-bond acceptors (Lipinski definition) is 7. The minimum atomic E-state index is -4.54. The van der Waals surface area contributed by atoms with E-state index < -0.39 is 15.8 Å². The second kappa shape index (κ2) is 7.24.